The zero-order chi connectivity index (χ0) is 13.3. The van der Waals surface area contributed by atoms with Gasteiger partial charge in [-0.15, -0.1) is 0 Å². The van der Waals surface area contributed by atoms with Crippen molar-refractivity contribution >= 4 is 37.6 Å². The number of halogens is 2. The Hall–Kier alpha value is -0.170. The SMILES string of the molecule is CC1CCC(NS(=O)(=O)c2cc(Br)cnc2Cl)C1. The van der Waals surface area contributed by atoms with Crippen LogP contribution in [-0.2, 0) is 10.0 Å². The maximum Gasteiger partial charge on any atom is 0.243 e. The van der Waals surface area contributed by atoms with Gasteiger partial charge in [0, 0.05) is 16.7 Å². The van der Waals surface area contributed by atoms with Crippen LogP contribution in [0.2, 0.25) is 5.15 Å². The molecule has 100 valence electrons. The van der Waals surface area contributed by atoms with Crippen LogP contribution in [0.1, 0.15) is 26.2 Å². The van der Waals surface area contributed by atoms with E-state index in [9.17, 15) is 8.42 Å². The molecule has 0 bridgehead atoms. The van der Waals surface area contributed by atoms with E-state index in [1.807, 2.05) is 0 Å². The van der Waals surface area contributed by atoms with Crippen LogP contribution in [0.25, 0.3) is 0 Å². The molecule has 0 radical (unpaired) electrons. The first-order chi connectivity index (χ1) is 8.38. The van der Waals surface area contributed by atoms with Crippen LogP contribution in [-0.4, -0.2) is 19.4 Å². The van der Waals surface area contributed by atoms with E-state index in [1.54, 1.807) is 0 Å². The first-order valence-electron chi connectivity index (χ1n) is 5.72. The molecule has 7 heteroatoms. The fourth-order valence-corrected chi connectivity index (χ4v) is 4.42. The molecular weight excluding hydrogens is 340 g/mol. The molecule has 2 atom stereocenters. The van der Waals surface area contributed by atoms with Gasteiger partial charge in [0.15, 0.2) is 0 Å². The lowest BCUT2D eigenvalue weighted by molar-refractivity contribution is 0.538. The highest BCUT2D eigenvalue weighted by Gasteiger charge is 2.28. The van der Waals surface area contributed by atoms with E-state index in [1.165, 1.54) is 12.3 Å². The van der Waals surface area contributed by atoms with E-state index >= 15 is 0 Å². The van der Waals surface area contributed by atoms with Gasteiger partial charge in [0.2, 0.25) is 10.0 Å². The van der Waals surface area contributed by atoms with Gasteiger partial charge in [0.1, 0.15) is 10.0 Å². The summed E-state index contributed by atoms with van der Waals surface area (Å²) in [6.07, 6.45) is 4.27. The molecular formula is C11H14BrClN2O2S. The average Bonchev–Trinajstić information content (AvgIpc) is 2.66. The largest absolute Gasteiger partial charge is 0.243 e. The summed E-state index contributed by atoms with van der Waals surface area (Å²) in [4.78, 5) is 3.86. The lowest BCUT2D eigenvalue weighted by Gasteiger charge is -2.13. The molecule has 1 heterocycles. The van der Waals surface area contributed by atoms with Crippen LogP contribution in [0.4, 0.5) is 0 Å². The monoisotopic (exact) mass is 352 g/mol. The highest BCUT2D eigenvalue weighted by Crippen LogP contribution is 2.28. The first kappa shape index (κ1) is 14.2. The highest BCUT2D eigenvalue weighted by atomic mass is 79.9. The van der Waals surface area contributed by atoms with Crippen molar-refractivity contribution in [2.45, 2.75) is 37.1 Å². The van der Waals surface area contributed by atoms with Gasteiger partial charge in [0.05, 0.1) is 0 Å². The Morgan fingerprint density at radius 1 is 1.50 bits per heavy atom. The van der Waals surface area contributed by atoms with Crippen LogP contribution < -0.4 is 4.72 Å². The molecule has 1 fully saturated rings. The Balaban J connectivity index is 2.23. The van der Waals surface area contributed by atoms with Gasteiger partial charge in [-0.25, -0.2) is 18.1 Å². The number of rotatable bonds is 3. The molecule has 0 aromatic carbocycles. The van der Waals surface area contributed by atoms with Crippen molar-refractivity contribution in [1.82, 2.24) is 9.71 Å². The highest BCUT2D eigenvalue weighted by molar-refractivity contribution is 9.10. The van der Waals surface area contributed by atoms with Gasteiger partial charge in [-0.2, -0.15) is 0 Å². The molecule has 18 heavy (non-hydrogen) atoms. The quantitative estimate of drug-likeness (QED) is 0.850. The number of hydrogen-bond donors (Lipinski definition) is 1. The summed E-state index contributed by atoms with van der Waals surface area (Å²) in [6.45, 7) is 2.13. The zero-order valence-electron chi connectivity index (χ0n) is 9.86. The second-order valence-electron chi connectivity index (χ2n) is 4.68. The fourth-order valence-electron chi connectivity index (χ4n) is 2.19. The average molecular weight is 354 g/mol. The Labute approximate surface area is 120 Å². The van der Waals surface area contributed by atoms with Gasteiger partial charge < -0.3 is 0 Å². The second kappa shape index (κ2) is 5.45. The van der Waals surface area contributed by atoms with Gasteiger partial charge in [-0.05, 0) is 47.2 Å². The Morgan fingerprint density at radius 3 is 2.83 bits per heavy atom. The first-order valence-corrected chi connectivity index (χ1v) is 8.37. The molecule has 1 aliphatic rings. The molecule has 0 spiro atoms. The Bertz CT molecular complexity index is 550. The minimum Gasteiger partial charge on any atom is -0.242 e. The molecule has 1 N–H and O–H groups in total. The topological polar surface area (TPSA) is 59.1 Å². The van der Waals surface area contributed by atoms with Crippen LogP contribution >= 0.6 is 27.5 Å². The minimum absolute atomic E-state index is 0.0000447. The van der Waals surface area contributed by atoms with Gasteiger partial charge in [-0.3, -0.25) is 0 Å². The normalized spacial score (nSPS) is 24.4. The van der Waals surface area contributed by atoms with Crippen molar-refractivity contribution in [3.8, 4) is 0 Å². The van der Waals surface area contributed by atoms with Gasteiger partial charge in [-0.1, -0.05) is 18.5 Å². The van der Waals surface area contributed by atoms with Crippen molar-refractivity contribution in [1.29, 1.82) is 0 Å². The number of pyridine rings is 1. The minimum atomic E-state index is -3.59. The standard InChI is InChI=1S/C11H14BrClN2O2S/c1-7-2-3-9(4-7)15-18(16,17)10-5-8(12)6-14-11(10)13/h5-7,9,15H,2-4H2,1H3. The van der Waals surface area contributed by atoms with E-state index in [-0.39, 0.29) is 16.1 Å². The number of nitrogens with one attached hydrogen (secondary N) is 1. The molecule has 1 aromatic heterocycles. The predicted octanol–water partition coefficient (Wildman–Crippen LogP) is 2.96. The fraction of sp³-hybridized carbons (Fsp3) is 0.545. The second-order valence-corrected chi connectivity index (χ2v) is 7.64. The number of hydrogen-bond acceptors (Lipinski definition) is 3. The molecule has 2 rings (SSSR count). The third-order valence-corrected chi connectivity index (χ3v) is 5.46. The van der Waals surface area contributed by atoms with Gasteiger partial charge >= 0.3 is 0 Å². The molecule has 0 amide bonds. The summed E-state index contributed by atoms with van der Waals surface area (Å²) in [5.41, 5.74) is 0. The number of aromatic nitrogens is 1. The van der Waals surface area contributed by atoms with Crippen LogP contribution in [0, 0.1) is 5.92 Å². The molecule has 4 nitrogen and oxygen atoms in total. The van der Waals surface area contributed by atoms with Crippen LogP contribution in [0.5, 0.6) is 0 Å². The van der Waals surface area contributed by atoms with Crippen molar-refractivity contribution in [2.24, 2.45) is 5.92 Å². The molecule has 1 aliphatic carbocycles. The summed E-state index contributed by atoms with van der Waals surface area (Å²) in [5.74, 6) is 0.564. The van der Waals surface area contributed by atoms with Crippen LogP contribution in [0.3, 0.4) is 0 Å². The van der Waals surface area contributed by atoms with Crippen molar-refractivity contribution in [2.75, 3.05) is 0 Å². The van der Waals surface area contributed by atoms with E-state index in [0.29, 0.717) is 10.4 Å². The third kappa shape index (κ3) is 3.23. The predicted molar refractivity (Wildman–Crippen MR) is 74.1 cm³/mol. The maximum atomic E-state index is 12.2. The summed E-state index contributed by atoms with van der Waals surface area (Å²) in [5, 5.41) is -0.00301. The van der Waals surface area contributed by atoms with E-state index in [2.05, 4.69) is 32.6 Å². The summed E-state index contributed by atoms with van der Waals surface area (Å²) < 4.78 is 27.7. The smallest absolute Gasteiger partial charge is 0.242 e. The van der Waals surface area contributed by atoms with E-state index in [0.717, 1.165) is 19.3 Å². The number of sulfonamides is 1. The third-order valence-electron chi connectivity index (χ3n) is 3.08. The molecule has 1 aromatic rings. The lowest BCUT2D eigenvalue weighted by Crippen LogP contribution is -2.33. The molecule has 1 saturated carbocycles. The lowest BCUT2D eigenvalue weighted by atomic mass is 10.1. The van der Waals surface area contributed by atoms with E-state index in [4.69, 9.17) is 11.6 Å². The maximum absolute atomic E-state index is 12.2. The summed E-state index contributed by atoms with van der Waals surface area (Å²) in [6, 6.07) is 1.47. The van der Waals surface area contributed by atoms with Gasteiger partial charge in [0.25, 0.3) is 0 Å². The Kier molecular flexibility index (Phi) is 4.31. The van der Waals surface area contributed by atoms with Crippen molar-refractivity contribution in [3.63, 3.8) is 0 Å². The molecule has 0 saturated heterocycles. The zero-order valence-corrected chi connectivity index (χ0v) is 13.0. The van der Waals surface area contributed by atoms with Crippen molar-refractivity contribution < 1.29 is 8.42 Å². The number of nitrogens with zero attached hydrogens (tertiary/aromatic N) is 1. The van der Waals surface area contributed by atoms with Crippen LogP contribution in [0.15, 0.2) is 21.6 Å². The molecule has 2 unspecified atom stereocenters. The van der Waals surface area contributed by atoms with E-state index < -0.39 is 10.0 Å². The summed E-state index contributed by atoms with van der Waals surface area (Å²) >= 11 is 9.04. The Morgan fingerprint density at radius 2 is 2.22 bits per heavy atom. The molecule has 0 aliphatic heterocycles. The van der Waals surface area contributed by atoms with Crippen molar-refractivity contribution in [3.05, 3.63) is 21.9 Å². The summed E-state index contributed by atoms with van der Waals surface area (Å²) in [7, 11) is -3.59.